The van der Waals surface area contributed by atoms with Crippen LogP contribution in [0.3, 0.4) is 0 Å². The Bertz CT molecular complexity index is 4100. The highest BCUT2D eigenvalue weighted by atomic mass is 15.0. The first-order valence-electron chi connectivity index (χ1n) is 22.2. The molecule has 13 aromatic rings. The van der Waals surface area contributed by atoms with E-state index in [0.717, 1.165) is 44.5 Å². The standard InChI is InChI=1S/C62H36N4/c63-37-38-24-26-39(27-25-38)44-15-5-19-49(33-44)61-64-60(43-10-2-1-3-11-43)65-62(66-61)50-20-6-17-46(34-50)45-16-4-18-47(32-45)51-35-48-31-30-42-13-8-22-53-52-21-7-12-40-28-29-41-14-9-23-54(58(41)56(40)52)55(36-51)59(48)57(42)53/h1-36H. The van der Waals surface area contributed by atoms with E-state index in [2.05, 4.69) is 158 Å². The maximum Gasteiger partial charge on any atom is 0.164 e. The number of nitrogens with zero attached hydrogens (tertiary/aromatic N) is 4. The van der Waals surface area contributed by atoms with E-state index in [1.807, 2.05) is 66.7 Å². The highest BCUT2D eigenvalue weighted by Gasteiger charge is 2.18. The third kappa shape index (κ3) is 6.18. The van der Waals surface area contributed by atoms with Crippen LogP contribution in [-0.4, -0.2) is 15.0 Å². The smallest absolute Gasteiger partial charge is 0.164 e. The van der Waals surface area contributed by atoms with Crippen molar-refractivity contribution >= 4 is 64.6 Å². The monoisotopic (exact) mass is 836 g/mol. The zero-order valence-corrected chi connectivity index (χ0v) is 35.6. The molecule has 0 fully saturated rings. The second kappa shape index (κ2) is 15.1. The fraction of sp³-hybridized carbons (Fsp3) is 0. The minimum absolute atomic E-state index is 0.587. The van der Waals surface area contributed by atoms with Crippen LogP contribution >= 0.6 is 0 Å². The van der Waals surface area contributed by atoms with Gasteiger partial charge in [0.05, 0.1) is 11.6 Å². The third-order valence-electron chi connectivity index (χ3n) is 13.2. The lowest BCUT2D eigenvalue weighted by atomic mass is 9.86. The maximum atomic E-state index is 9.36. The molecular formula is C62H36N4. The molecular weight excluding hydrogens is 801 g/mol. The van der Waals surface area contributed by atoms with Gasteiger partial charge in [-0.1, -0.05) is 176 Å². The largest absolute Gasteiger partial charge is 0.208 e. The summed E-state index contributed by atoms with van der Waals surface area (Å²) >= 11 is 0. The summed E-state index contributed by atoms with van der Waals surface area (Å²) in [5.74, 6) is 1.79. The summed E-state index contributed by atoms with van der Waals surface area (Å²) in [6.07, 6.45) is 0. The number of nitriles is 1. The maximum absolute atomic E-state index is 9.36. The van der Waals surface area contributed by atoms with E-state index in [4.69, 9.17) is 15.0 Å². The number of benzene rings is 11. The SMILES string of the molecule is N#Cc1ccc(-c2cccc(-c3nc(-c4ccccc4)nc(-c4cccc(-c5cccc(-c6cc7ccc8cccc9c%10cccc%11ccc%12cccc(c(c6)c7c89)c%12c%11%10)c5)c4)n3)c2)cc1. The Morgan fingerprint density at radius 2 is 0.652 bits per heavy atom. The molecule has 0 atom stereocenters. The van der Waals surface area contributed by atoms with Crippen molar-refractivity contribution in [3.05, 3.63) is 224 Å². The Morgan fingerprint density at radius 1 is 0.258 bits per heavy atom. The molecule has 0 spiro atoms. The summed E-state index contributed by atoms with van der Waals surface area (Å²) in [4.78, 5) is 15.2. The Kier molecular flexibility index (Phi) is 8.56. The zero-order valence-electron chi connectivity index (χ0n) is 35.6. The highest BCUT2D eigenvalue weighted by Crippen LogP contribution is 2.45. The lowest BCUT2D eigenvalue weighted by Gasteiger charge is -2.17. The van der Waals surface area contributed by atoms with Crippen LogP contribution in [0.5, 0.6) is 0 Å². The number of fused-ring (bicyclic) bond motifs is 2. The Balaban J connectivity index is 0.953. The summed E-state index contributed by atoms with van der Waals surface area (Å²) in [6.45, 7) is 0. The average molecular weight is 837 g/mol. The molecule has 4 heteroatoms. The normalized spacial score (nSPS) is 11.6. The van der Waals surface area contributed by atoms with E-state index in [1.54, 1.807) is 0 Å². The lowest BCUT2D eigenvalue weighted by molar-refractivity contribution is 1.07. The molecule has 12 aromatic carbocycles. The van der Waals surface area contributed by atoms with Crippen LogP contribution in [0.4, 0.5) is 0 Å². The first-order chi connectivity index (χ1) is 32.6. The number of hydrogen-bond acceptors (Lipinski definition) is 4. The van der Waals surface area contributed by atoms with Crippen LogP contribution in [0, 0.1) is 11.3 Å². The van der Waals surface area contributed by atoms with E-state index in [-0.39, 0.29) is 0 Å². The topological polar surface area (TPSA) is 62.5 Å². The summed E-state index contributed by atoms with van der Waals surface area (Å²) in [5.41, 5.74) is 9.84. The Hall–Kier alpha value is -9.04. The molecule has 1 aromatic heterocycles. The highest BCUT2D eigenvalue weighted by molar-refractivity contribution is 6.37. The van der Waals surface area contributed by atoms with Crippen LogP contribution in [-0.2, 0) is 0 Å². The van der Waals surface area contributed by atoms with Gasteiger partial charge in [0.2, 0.25) is 0 Å². The van der Waals surface area contributed by atoms with E-state index in [1.165, 1.54) is 70.2 Å². The Labute approximate surface area is 380 Å². The van der Waals surface area contributed by atoms with Crippen LogP contribution in [0.2, 0.25) is 0 Å². The second-order valence-corrected chi connectivity index (χ2v) is 17.1. The van der Waals surface area contributed by atoms with Gasteiger partial charge in [-0.15, -0.1) is 0 Å². The van der Waals surface area contributed by atoms with Gasteiger partial charge in [0.1, 0.15) is 0 Å². The second-order valence-electron chi connectivity index (χ2n) is 17.1. The van der Waals surface area contributed by atoms with Gasteiger partial charge in [0.25, 0.3) is 0 Å². The molecule has 0 aliphatic carbocycles. The van der Waals surface area contributed by atoms with Crippen molar-refractivity contribution in [2.45, 2.75) is 0 Å². The summed E-state index contributed by atoms with van der Waals surface area (Å²) in [5, 5.41) is 24.6. The van der Waals surface area contributed by atoms with E-state index < -0.39 is 0 Å². The summed E-state index contributed by atoms with van der Waals surface area (Å²) in [6, 6.07) is 79.7. The van der Waals surface area contributed by atoms with Crippen LogP contribution in [0.25, 0.3) is 132 Å². The van der Waals surface area contributed by atoms with E-state index in [9.17, 15) is 5.26 Å². The molecule has 0 aliphatic rings. The van der Waals surface area contributed by atoms with Crippen molar-refractivity contribution in [1.29, 1.82) is 5.26 Å². The molecule has 13 rings (SSSR count). The third-order valence-corrected chi connectivity index (χ3v) is 13.2. The molecule has 0 amide bonds. The number of aromatic nitrogens is 3. The van der Waals surface area contributed by atoms with Crippen LogP contribution < -0.4 is 0 Å². The summed E-state index contributed by atoms with van der Waals surface area (Å²) in [7, 11) is 0. The van der Waals surface area contributed by atoms with Gasteiger partial charge in [-0.25, -0.2) is 15.0 Å². The molecule has 0 saturated heterocycles. The molecule has 0 unspecified atom stereocenters. The van der Waals surface area contributed by atoms with Crippen LogP contribution in [0.1, 0.15) is 5.56 Å². The van der Waals surface area contributed by atoms with Gasteiger partial charge in [0, 0.05) is 16.7 Å². The molecule has 1 heterocycles. The van der Waals surface area contributed by atoms with Crippen molar-refractivity contribution in [3.8, 4) is 73.6 Å². The minimum atomic E-state index is 0.587. The van der Waals surface area contributed by atoms with Gasteiger partial charge in [-0.05, 0) is 140 Å². The summed E-state index contributed by atoms with van der Waals surface area (Å²) < 4.78 is 0. The molecule has 0 saturated carbocycles. The van der Waals surface area contributed by atoms with E-state index >= 15 is 0 Å². The van der Waals surface area contributed by atoms with Gasteiger partial charge < -0.3 is 0 Å². The van der Waals surface area contributed by atoms with Crippen molar-refractivity contribution in [2.75, 3.05) is 0 Å². The molecule has 66 heavy (non-hydrogen) atoms. The molecule has 0 bridgehead atoms. The van der Waals surface area contributed by atoms with Gasteiger partial charge in [-0.2, -0.15) is 5.26 Å². The van der Waals surface area contributed by atoms with Crippen molar-refractivity contribution < 1.29 is 0 Å². The number of hydrogen-bond donors (Lipinski definition) is 0. The molecule has 0 N–H and O–H groups in total. The number of rotatable bonds is 6. The van der Waals surface area contributed by atoms with Gasteiger partial charge >= 0.3 is 0 Å². The van der Waals surface area contributed by atoms with Crippen molar-refractivity contribution in [1.82, 2.24) is 15.0 Å². The van der Waals surface area contributed by atoms with Crippen molar-refractivity contribution in [3.63, 3.8) is 0 Å². The molecule has 304 valence electrons. The fourth-order valence-corrected chi connectivity index (χ4v) is 10.1. The zero-order chi connectivity index (χ0) is 43.7. The molecule has 0 radical (unpaired) electrons. The van der Waals surface area contributed by atoms with Gasteiger partial charge in [-0.3, -0.25) is 0 Å². The molecule has 0 aliphatic heterocycles. The predicted octanol–water partition coefficient (Wildman–Crippen LogP) is 16.1. The first-order valence-corrected chi connectivity index (χ1v) is 22.2. The molecule has 4 nitrogen and oxygen atoms in total. The predicted molar refractivity (Wildman–Crippen MR) is 273 cm³/mol. The Morgan fingerprint density at radius 3 is 1.18 bits per heavy atom. The minimum Gasteiger partial charge on any atom is -0.208 e. The van der Waals surface area contributed by atoms with Gasteiger partial charge in [0.15, 0.2) is 17.5 Å². The fourth-order valence-electron chi connectivity index (χ4n) is 10.1. The first kappa shape index (κ1) is 37.5. The van der Waals surface area contributed by atoms with Crippen molar-refractivity contribution in [2.24, 2.45) is 0 Å². The lowest BCUT2D eigenvalue weighted by Crippen LogP contribution is -2.00. The van der Waals surface area contributed by atoms with Crippen LogP contribution in [0.15, 0.2) is 218 Å². The average Bonchev–Trinajstić information content (AvgIpc) is 3.39. The quantitative estimate of drug-likeness (QED) is 0.157. The van der Waals surface area contributed by atoms with E-state index in [0.29, 0.717) is 23.0 Å².